The van der Waals surface area contributed by atoms with Gasteiger partial charge in [0.15, 0.2) is 11.5 Å². The van der Waals surface area contributed by atoms with Crippen molar-refractivity contribution in [3.63, 3.8) is 0 Å². The number of hydrogen-bond acceptors (Lipinski definition) is 7. The molecule has 0 amide bonds. The van der Waals surface area contributed by atoms with Gasteiger partial charge in [0, 0.05) is 5.70 Å². The highest BCUT2D eigenvalue weighted by atomic mass is 79.9. The van der Waals surface area contributed by atoms with Gasteiger partial charge in [-0.05, 0) is 58.6 Å². The van der Waals surface area contributed by atoms with Crippen molar-refractivity contribution in [1.29, 1.82) is 0 Å². The highest BCUT2D eigenvalue weighted by molar-refractivity contribution is 9.10. The molecule has 0 aliphatic carbocycles. The summed E-state index contributed by atoms with van der Waals surface area (Å²) >= 11 is 3.67. The van der Waals surface area contributed by atoms with E-state index in [1.54, 1.807) is 4.68 Å². The van der Waals surface area contributed by atoms with Gasteiger partial charge in [0.05, 0.1) is 16.7 Å². The lowest BCUT2D eigenvalue weighted by Gasteiger charge is -2.29. The Morgan fingerprint density at radius 1 is 1.00 bits per heavy atom. The van der Waals surface area contributed by atoms with Crippen LogP contribution < -0.4 is 14.8 Å². The molecule has 0 saturated heterocycles. The number of halogens is 1. The molecule has 38 heavy (non-hydrogen) atoms. The number of ether oxygens (including phenoxy) is 3. The summed E-state index contributed by atoms with van der Waals surface area (Å²) in [5.41, 5.74) is 3.80. The summed E-state index contributed by atoms with van der Waals surface area (Å²) < 4.78 is 20.3. The number of esters is 1. The van der Waals surface area contributed by atoms with Crippen LogP contribution in [0.15, 0.2) is 94.9 Å². The molecule has 0 radical (unpaired) electrons. The molecule has 1 aromatic heterocycles. The minimum absolute atomic E-state index is 0.160. The fourth-order valence-corrected chi connectivity index (χ4v) is 4.92. The molecule has 0 saturated carbocycles. The van der Waals surface area contributed by atoms with E-state index in [1.807, 2.05) is 86.6 Å². The first kappa shape index (κ1) is 25.5. The molecule has 3 aromatic carbocycles. The smallest absolute Gasteiger partial charge is 0.338 e. The van der Waals surface area contributed by atoms with E-state index in [0.29, 0.717) is 46.4 Å². The molecule has 0 fully saturated rings. The number of benzene rings is 3. The Kier molecular flexibility index (Phi) is 7.74. The molecule has 1 aliphatic heterocycles. The second-order valence-corrected chi connectivity index (χ2v) is 9.55. The Morgan fingerprint density at radius 2 is 1.68 bits per heavy atom. The Bertz CT molecular complexity index is 1450. The minimum atomic E-state index is -0.587. The van der Waals surface area contributed by atoms with Gasteiger partial charge in [-0.25, -0.2) is 9.48 Å². The maximum atomic E-state index is 13.5. The van der Waals surface area contributed by atoms with Crippen molar-refractivity contribution in [3.05, 3.63) is 112 Å². The van der Waals surface area contributed by atoms with Crippen LogP contribution in [-0.4, -0.2) is 27.3 Å². The predicted octanol–water partition coefficient (Wildman–Crippen LogP) is 6.05. The molecular weight excluding hydrogens is 548 g/mol. The van der Waals surface area contributed by atoms with E-state index >= 15 is 0 Å². The van der Waals surface area contributed by atoms with Gasteiger partial charge in [0.25, 0.3) is 0 Å². The van der Waals surface area contributed by atoms with Crippen molar-refractivity contribution >= 4 is 27.8 Å². The quantitative estimate of drug-likeness (QED) is 0.243. The fraction of sp³-hybridized carbons (Fsp3) is 0.207. The fourth-order valence-electron chi connectivity index (χ4n) is 4.34. The summed E-state index contributed by atoms with van der Waals surface area (Å²) in [5.74, 6) is 1.23. The van der Waals surface area contributed by atoms with E-state index in [0.717, 1.165) is 16.7 Å². The number of carbonyl (C=O) groups is 1. The second kappa shape index (κ2) is 11.5. The second-order valence-electron chi connectivity index (χ2n) is 8.69. The SMILES string of the molecule is CCOc1cc(C2C(C(=O)OCc3ccccc3)=C(C)Nc3ncnn32)cc(Br)c1OCc1ccccc1. The van der Waals surface area contributed by atoms with Gasteiger partial charge in [-0.3, -0.25) is 0 Å². The van der Waals surface area contributed by atoms with Crippen LogP contribution in [0.4, 0.5) is 5.95 Å². The van der Waals surface area contributed by atoms with Crippen molar-refractivity contribution in [2.24, 2.45) is 0 Å². The summed E-state index contributed by atoms with van der Waals surface area (Å²) in [6.45, 7) is 4.74. The molecule has 1 unspecified atom stereocenters. The summed E-state index contributed by atoms with van der Waals surface area (Å²) in [6, 6.07) is 22.7. The Labute approximate surface area is 229 Å². The highest BCUT2D eigenvalue weighted by Gasteiger charge is 2.35. The van der Waals surface area contributed by atoms with Crippen LogP contribution in [0.3, 0.4) is 0 Å². The number of anilines is 1. The molecule has 194 valence electrons. The van der Waals surface area contributed by atoms with Gasteiger partial charge in [0.2, 0.25) is 5.95 Å². The van der Waals surface area contributed by atoms with Gasteiger partial charge < -0.3 is 19.5 Å². The molecule has 0 bridgehead atoms. The van der Waals surface area contributed by atoms with Crippen LogP contribution in [0.25, 0.3) is 0 Å². The summed E-state index contributed by atoms with van der Waals surface area (Å²) in [7, 11) is 0. The average Bonchev–Trinajstić information content (AvgIpc) is 3.39. The van der Waals surface area contributed by atoms with Gasteiger partial charge in [0.1, 0.15) is 25.6 Å². The van der Waals surface area contributed by atoms with Crippen molar-refractivity contribution in [1.82, 2.24) is 14.8 Å². The molecule has 1 aliphatic rings. The highest BCUT2D eigenvalue weighted by Crippen LogP contribution is 2.43. The third kappa shape index (κ3) is 5.43. The molecule has 1 N–H and O–H groups in total. The van der Waals surface area contributed by atoms with Gasteiger partial charge in [-0.15, -0.1) is 0 Å². The van der Waals surface area contributed by atoms with Crippen LogP contribution in [0.2, 0.25) is 0 Å². The summed E-state index contributed by atoms with van der Waals surface area (Å²) in [5, 5.41) is 7.59. The van der Waals surface area contributed by atoms with Crippen LogP contribution >= 0.6 is 15.9 Å². The number of rotatable bonds is 9. The van der Waals surface area contributed by atoms with Crippen LogP contribution in [0.5, 0.6) is 11.5 Å². The van der Waals surface area contributed by atoms with Crippen molar-refractivity contribution in [2.75, 3.05) is 11.9 Å². The lowest BCUT2D eigenvalue weighted by Crippen LogP contribution is -2.29. The third-order valence-corrected chi connectivity index (χ3v) is 6.69. The van der Waals surface area contributed by atoms with Crippen LogP contribution in [0, 0.1) is 0 Å². The lowest BCUT2D eigenvalue weighted by molar-refractivity contribution is -0.140. The average molecular weight is 575 g/mol. The zero-order chi connectivity index (χ0) is 26.5. The monoisotopic (exact) mass is 574 g/mol. The first-order chi connectivity index (χ1) is 18.5. The number of hydrogen-bond donors (Lipinski definition) is 1. The maximum Gasteiger partial charge on any atom is 0.338 e. The van der Waals surface area contributed by atoms with Crippen molar-refractivity contribution in [3.8, 4) is 11.5 Å². The zero-order valence-corrected chi connectivity index (χ0v) is 22.6. The molecular formula is C29H27BrN4O4. The van der Waals surface area contributed by atoms with E-state index in [1.165, 1.54) is 6.33 Å². The van der Waals surface area contributed by atoms with E-state index in [2.05, 4.69) is 31.3 Å². The topological polar surface area (TPSA) is 87.5 Å². The number of fused-ring (bicyclic) bond motifs is 1. The van der Waals surface area contributed by atoms with Gasteiger partial charge >= 0.3 is 5.97 Å². The summed E-state index contributed by atoms with van der Waals surface area (Å²) in [6.07, 6.45) is 1.46. The lowest BCUT2D eigenvalue weighted by atomic mass is 9.95. The Hall–Kier alpha value is -4.11. The minimum Gasteiger partial charge on any atom is -0.490 e. The molecule has 2 heterocycles. The first-order valence-electron chi connectivity index (χ1n) is 12.3. The standard InChI is InChI=1S/C29H27BrN4O4/c1-3-36-24-15-22(14-23(30)27(24)37-16-20-10-6-4-7-11-20)26-25(19(2)33-29-31-18-32-34(26)29)28(35)38-17-21-12-8-5-9-13-21/h4-15,18,26H,3,16-17H2,1-2H3,(H,31,32,33). The predicted molar refractivity (Wildman–Crippen MR) is 147 cm³/mol. The molecule has 9 heteroatoms. The molecule has 5 rings (SSSR count). The van der Waals surface area contributed by atoms with E-state index in [4.69, 9.17) is 14.2 Å². The normalized spacial score (nSPS) is 14.4. The molecule has 8 nitrogen and oxygen atoms in total. The number of carbonyl (C=O) groups excluding carboxylic acids is 1. The molecule has 4 aromatic rings. The largest absolute Gasteiger partial charge is 0.490 e. The molecule has 1 atom stereocenters. The van der Waals surface area contributed by atoms with Crippen LogP contribution in [0.1, 0.15) is 36.6 Å². The number of aromatic nitrogens is 3. The van der Waals surface area contributed by atoms with Gasteiger partial charge in [-0.2, -0.15) is 10.1 Å². The van der Waals surface area contributed by atoms with E-state index < -0.39 is 12.0 Å². The third-order valence-electron chi connectivity index (χ3n) is 6.10. The number of nitrogens with zero attached hydrogens (tertiary/aromatic N) is 3. The Morgan fingerprint density at radius 3 is 2.37 bits per heavy atom. The van der Waals surface area contributed by atoms with Crippen molar-refractivity contribution in [2.45, 2.75) is 33.1 Å². The van der Waals surface area contributed by atoms with Crippen molar-refractivity contribution < 1.29 is 19.0 Å². The van der Waals surface area contributed by atoms with E-state index in [9.17, 15) is 4.79 Å². The zero-order valence-electron chi connectivity index (χ0n) is 21.1. The number of nitrogens with one attached hydrogen (secondary N) is 1. The van der Waals surface area contributed by atoms with E-state index in [-0.39, 0.29) is 6.61 Å². The van der Waals surface area contributed by atoms with Gasteiger partial charge in [-0.1, -0.05) is 60.7 Å². The van der Waals surface area contributed by atoms with Crippen LogP contribution in [-0.2, 0) is 22.7 Å². The maximum absolute atomic E-state index is 13.5. The Balaban J connectivity index is 1.49. The summed E-state index contributed by atoms with van der Waals surface area (Å²) in [4.78, 5) is 17.8. The first-order valence-corrected chi connectivity index (χ1v) is 13.1. The molecule has 0 spiro atoms. The number of allylic oxidation sites excluding steroid dienone is 1.